The first kappa shape index (κ1) is 12.9. The molecule has 5 heteroatoms. The van der Waals surface area contributed by atoms with Crippen LogP contribution in [0.5, 0.6) is 0 Å². The highest BCUT2D eigenvalue weighted by Gasteiger charge is 2.18. The lowest BCUT2D eigenvalue weighted by Crippen LogP contribution is -1.88. The van der Waals surface area contributed by atoms with E-state index >= 15 is 0 Å². The van der Waals surface area contributed by atoms with Gasteiger partial charge in [0.25, 0.3) is 0 Å². The van der Waals surface area contributed by atoms with Gasteiger partial charge in [0.1, 0.15) is 11.5 Å². The number of rotatable bonds is 2. The minimum atomic E-state index is -0.358. The highest BCUT2D eigenvalue weighted by Crippen LogP contribution is 2.36. The lowest BCUT2D eigenvalue weighted by Gasteiger charge is -2.03. The van der Waals surface area contributed by atoms with Crippen molar-refractivity contribution in [3.8, 4) is 22.4 Å². The maximum atomic E-state index is 13.7. The van der Waals surface area contributed by atoms with Crippen LogP contribution in [0.25, 0.3) is 22.4 Å². The van der Waals surface area contributed by atoms with Gasteiger partial charge in [0.2, 0.25) is 5.88 Å². The van der Waals surface area contributed by atoms with E-state index in [1.54, 1.807) is 12.1 Å². The van der Waals surface area contributed by atoms with Crippen LogP contribution in [0.15, 0.2) is 57.5 Å². The molecule has 0 radical (unpaired) electrons. The zero-order valence-corrected chi connectivity index (χ0v) is 11.9. The zero-order valence-electron chi connectivity index (χ0n) is 10.3. The van der Waals surface area contributed by atoms with E-state index in [1.165, 1.54) is 6.07 Å². The third-order valence-corrected chi connectivity index (χ3v) is 3.62. The van der Waals surface area contributed by atoms with Crippen molar-refractivity contribution in [2.45, 2.75) is 0 Å². The van der Waals surface area contributed by atoms with E-state index < -0.39 is 0 Å². The number of halogens is 2. The van der Waals surface area contributed by atoms with Crippen LogP contribution < -0.4 is 5.73 Å². The van der Waals surface area contributed by atoms with Crippen molar-refractivity contribution in [3.05, 3.63) is 58.8 Å². The minimum absolute atomic E-state index is 0.217. The number of nitrogen functional groups attached to an aromatic ring is 1. The maximum absolute atomic E-state index is 13.7. The number of hydrogen-bond donors (Lipinski definition) is 1. The Kier molecular flexibility index (Phi) is 3.28. The number of benzene rings is 2. The van der Waals surface area contributed by atoms with E-state index in [2.05, 4.69) is 21.1 Å². The molecule has 3 nitrogen and oxygen atoms in total. The van der Waals surface area contributed by atoms with Gasteiger partial charge < -0.3 is 10.3 Å². The van der Waals surface area contributed by atoms with Gasteiger partial charge in [-0.1, -0.05) is 41.6 Å². The van der Waals surface area contributed by atoms with E-state index in [9.17, 15) is 4.39 Å². The average molecular weight is 333 g/mol. The summed E-state index contributed by atoms with van der Waals surface area (Å²) in [5, 5.41) is 3.95. The molecule has 0 amide bonds. The van der Waals surface area contributed by atoms with Gasteiger partial charge in [-0.05, 0) is 33.6 Å². The maximum Gasteiger partial charge on any atom is 0.230 e. The van der Waals surface area contributed by atoms with Crippen molar-refractivity contribution in [2.24, 2.45) is 0 Å². The summed E-state index contributed by atoms with van der Waals surface area (Å²) in [6, 6.07) is 14.3. The van der Waals surface area contributed by atoms with Crippen LogP contribution in [-0.2, 0) is 0 Å². The molecule has 100 valence electrons. The van der Waals surface area contributed by atoms with Crippen molar-refractivity contribution in [3.63, 3.8) is 0 Å². The summed E-state index contributed by atoms with van der Waals surface area (Å²) in [5.74, 6) is -0.141. The largest absolute Gasteiger partial charge is 0.367 e. The monoisotopic (exact) mass is 332 g/mol. The number of hydrogen-bond acceptors (Lipinski definition) is 3. The van der Waals surface area contributed by atoms with Crippen LogP contribution in [0.1, 0.15) is 0 Å². The fourth-order valence-corrected chi connectivity index (χ4v) is 2.27. The van der Waals surface area contributed by atoms with E-state index in [0.29, 0.717) is 21.3 Å². The second-order valence-electron chi connectivity index (χ2n) is 4.27. The lowest BCUT2D eigenvalue weighted by molar-refractivity contribution is 0.439. The molecule has 1 heterocycles. The Morgan fingerprint density at radius 3 is 2.50 bits per heavy atom. The minimum Gasteiger partial charge on any atom is -0.367 e. The summed E-state index contributed by atoms with van der Waals surface area (Å²) in [7, 11) is 0. The van der Waals surface area contributed by atoms with Gasteiger partial charge >= 0.3 is 0 Å². The van der Waals surface area contributed by atoms with E-state index in [0.717, 1.165) is 5.56 Å². The summed E-state index contributed by atoms with van der Waals surface area (Å²) in [6.07, 6.45) is 0. The SMILES string of the molecule is Nc1onc(-c2ccc(Br)c(F)c2)c1-c1ccccc1. The third-order valence-electron chi connectivity index (χ3n) is 2.97. The molecule has 0 spiro atoms. The Morgan fingerprint density at radius 2 is 1.80 bits per heavy atom. The molecule has 0 fully saturated rings. The molecule has 3 rings (SSSR count). The molecule has 2 aromatic carbocycles. The molecule has 2 N–H and O–H groups in total. The second-order valence-corrected chi connectivity index (χ2v) is 5.12. The molecule has 3 aromatic rings. The highest BCUT2D eigenvalue weighted by atomic mass is 79.9. The smallest absolute Gasteiger partial charge is 0.230 e. The average Bonchev–Trinajstić information content (AvgIpc) is 2.85. The van der Waals surface area contributed by atoms with Gasteiger partial charge in [-0.25, -0.2) is 4.39 Å². The molecule has 0 saturated heterocycles. The van der Waals surface area contributed by atoms with Crippen LogP contribution in [0, 0.1) is 5.82 Å². The van der Waals surface area contributed by atoms with Crippen molar-refractivity contribution >= 4 is 21.8 Å². The Hall–Kier alpha value is -2.14. The van der Waals surface area contributed by atoms with E-state index in [4.69, 9.17) is 10.3 Å². The first-order chi connectivity index (χ1) is 9.66. The van der Waals surface area contributed by atoms with Crippen molar-refractivity contribution in [1.29, 1.82) is 0 Å². The number of aromatic nitrogens is 1. The summed E-state index contributed by atoms with van der Waals surface area (Å²) in [4.78, 5) is 0. The molecule has 0 unspecified atom stereocenters. The van der Waals surface area contributed by atoms with Crippen LogP contribution in [0.3, 0.4) is 0 Å². The van der Waals surface area contributed by atoms with Crippen molar-refractivity contribution in [2.75, 3.05) is 5.73 Å². The summed E-state index contributed by atoms with van der Waals surface area (Å²) in [6.45, 7) is 0. The predicted molar refractivity (Wildman–Crippen MR) is 79.4 cm³/mol. The van der Waals surface area contributed by atoms with Gasteiger partial charge in [0.05, 0.1) is 10.0 Å². The van der Waals surface area contributed by atoms with E-state index in [-0.39, 0.29) is 11.7 Å². The lowest BCUT2D eigenvalue weighted by atomic mass is 10.0. The molecule has 20 heavy (non-hydrogen) atoms. The first-order valence-corrected chi connectivity index (χ1v) is 6.72. The van der Waals surface area contributed by atoms with Crippen LogP contribution in [-0.4, -0.2) is 5.16 Å². The molecule has 0 saturated carbocycles. The molecule has 1 aromatic heterocycles. The Balaban J connectivity index is 2.18. The Labute approximate surface area is 123 Å². The van der Waals surface area contributed by atoms with Gasteiger partial charge in [-0.3, -0.25) is 0 Å². The third kappa shape index (κ3) is 2.20. The molecule has 0 atom stereocenters. The fourth-order valence-electron chi connectivity index (χ4n) is 2.03. The molecular weight excluding hydrogens is 323 g/mol. The van der Waals surface area contributed by atoms with Crippen molar-refractivity contribution in [1.82, 2.24) is 5.16 Å². The topological polar surface area (TPSA) is 52.0 Å². The van der Waals surface area contributed by atoms with Gasteiger partial charge in [-0.15, -0.1) is 0 Å². The van der Waals surface area contributed by atoms with Crippen LogP contribution >= 0.6 is 15.9 Å². The quantitative estimate of drug-likeness (QED) is 0.752. The first-order valence-electron chi connectivity index (χ1n) is 5.93. The zero-order chi connectivity index (χ0) is 14.1. The van der Waals surface area contributed by atoms with Gasteiger partial charge in [-0.2, -0.15) is 0 Å². The second kappa shape index (κ2) is 5.09. The number of nitrogens with zero attached hydrogens (tertiary/aromatic N) is 1. The Bertz CT molecular complexity index is 756. The molecule has 0 aliphatic heterocycles. The van der Waals surface area contributed by atoms with Gasteiger partial charge in [0.15, 0.2) is 0 Å². The predicted octanol–water partition coefficient (Wildman–Crippen LogP) is 4.49. The van der Waals surface area contributed by atoms with Crippen molar-refractivity contribution < 1.29 is 8.91 Å². The van der Waals surface area contributed by atoms with Crippen LogP contribution in [0.2, 0.25) is 0 Å². The summed E-state index contributed by atoms with van der Waals surface area (Å²) < 4.78 is 19.1. The van der Waals surface area contributed by atoms with Crippen LogP contribution in [0.4, 0.5) is 10.3 Å². The molecule has 0 aliphatic carbocycles. The normalized spacial score (nSPS) is 10.7. The number of nitrogens with two attached hydrogens (primary N) is 1. The number of anilines is 1. The highest BCUT2D eigenvalue weighted by molar-refractivity contribution is 9.10. The summed E-state index contributed by atoms with van der Waals surface area (Å²) >= 11 is 3.13. The summed E-state index contributed by atoms with van der Waals surface area (Å²) in [5.41, 5.74) is 8.54. The standard InChI is InChI=1S/C15H10BrFN2O/c16-11-7-6-10(8-12(11)17)14-13(15(18)20-19-14)9-4-2-1-3-5-9/h1-8H,18H2. The molecule has 0 bridgehead atoms. The molecule has 0 aliphatic rings. The fraction of sp³-hybridized carbons (Fsp3) is 0. The van der Waals surface area contributed by atoms with E-state index in [1.807, 2.05) is 30.3 Å². The van der Waals surface area contributed by atoms with Gasteiger partial charge in [0, 0.05) is 5.56 Å². The Morgan fingerprint density at radius 1 is 1.05 bits per heavy atom. The molecular formula is C15H10BrFN2O.